The Hall–Kier alpha value is -1.97. The molecule has 0 amide bonds. The molecule has 0 fully saturated rings. The van der Waals surface area contributed by atoms with Crippen molar-refractivity contribution < 1.29 is 0 Å². The Morgan fingerprint density at radius 1 is 1.00 bits per heavy atom. The number of anilines is 1. The number of hydrogen-bond acceptors (Lipinski definition) is 2. The van der Waals surface area contributed by atoms with Crippen LogP contribution in [-0.4, -0.2) is 10.2 Å². The lowest BCUT2D eigenvalue weighted by molar-refractivity contribution is 1.09. The van der Waals surface area contributed by atoms with Gasteiger partial charge in [0.15, 0.2) is 0 Å². The second-order valence-electron chi connectivity index (χ2n) is 4.64. The van der Waals surface area contributed by atoms with Gasteiger partial charge in [0.1, 0.15) is 0 Å². The van der Waals surface area contributed by atoms with E-state index in [1.54, 1.807) is 12.3 Å². The highest BCUT2D eigenvalue weighted by molar-refractivity contribution is 6.35. The Labute approximate surface area is 132 Å². The molecule has 0 aliphatic carbocycles. The topological polar surface area (TPSA) is 40.7 Å². The lowest BCUT2D eigenvalue weighted by atomic mass is 10.1. The molecule has 5 heteroatoms. The maximum absolute atomic E-state index is 6.15. The first-order valence-electron chi connectivity index (χ1n) is 6.50. The van der Waals surface area contributed by atoms with Crippen molar-refractivity contribution in [2.24, 2.45) is 0 Å². The largest absolute Gasteiger partial charge is 0.381 e. The normalized spacial score (nSPS) is 10.6. The van der Waals surface area contributed by atoms with E-state index in [0.29, 0.717) is 16.6 Å². The summed E-state index contributed by atoms with van der Waals surface area (Å²) in [6.07, 6.45) is 1.74. The van der Waals surface area contributed by atoms with E-state index >= 15 is 0 Å². The van der Waals surface area contributed by atoms with E-state index in [9.17, 15) is 0 Å². The standard InChI is InChI=1S/C16H13Cl2N3/c17-13-4-1-12(15(18)9-13)10-19-14-5-2-11(3-6-14)16-7-8-20-21-16/h1-9,19H,10H2,(H,20,21). The fourth-order valence-corrected chi connectivity index (χ4v) is 2.52. The Morgan fingerprint density at radius 2 is 1.81 bits per heavy atom. The van der Waals surface area contributed by atoms with Gasteiger partial charge in [-0.2, -0.15) is 5.10 Å². The minimum absolute atomic E-state index is 0.646. The molecule has 0 atom stereocenters. The summed E-state index contributed by atoms with van der Waals surface area (Å²) in [5, 5.41) is 11.5. The van der Waals surface area contributed by atoms with E-state index in [0.717, 1.165) is 22.5 Å². The molecular formula is C16H13Cl2N3. The number of rotatable bonds is 4. The van der Waals surface area contributed by atoms with Crippen molar-refractivity contribution in [3.05, 3.63) is 70.3 Å². The van der Waals surface area contributed by atoms with Gasteiger partial charge in [-0.1, -0.05) is 41.4 Å². The van der Waals surface area contributed by atoms with E-state index < -0.39 is 0 Å². The van der Waals surface area contributed by atoms with E-state index in [1.807, 2.05) is 42.5 Å². The molecule has 0 spiro atoms. The summed E-state index contributed by atoms with van der Waals surface area (Å²) in [4.78, 5) is 0. The van der Waals surface area contributed by atoms with Gasteiger partial charge in [0.25, 0.3) is 0 Å². The van der Waals surface area contributed by atoms with Crippen LogP contribution in [0.5, 0.6) is 0 Å². The summed E-state index contributed by atoms with van der Waals surface area (Å²) in [5.41, 5.74) is 4.15. The first-order chi connectivity index (χ1) is 10.2. The van der Waals surface area contributed by atoms with E-state index in [-0.39, 0.29) is 0 Å². The van der Waals surface area contributed by atoms with Gasteiger partial charge < -0.3 is 5.32 Å². The molecule has 3 nitrogen and oxygen atoms in total. The van der Waals surface area contributed by atoms with Crippen LogP contribution in [-0.2, 0) is 6.54 Å². The average molecular weight is 318 g/mol. The molecular weight excluding hydrogens is 305 g/mol. The van der Waals surface area contributed by atoms with Crippen LogP contribution in [0.25, 0.3) is 11.3 Å². The van der Waals surface area contributed by atoms with E-state index in [2.05, 4.69) is 15.5 Å². The zero-order chi connectivity index (χ0) is 14.7. The van der Waals surface area contributed by atoms with Gasteiger partial charge in [-0.05, 0) is 41.5 Å². The van der Waals surface area contributed by atoms with Crippen molar-refractivity contribution in [3.63, 3.8) is 0 Å². The van der Waals surface area contributed by atoms with Crippen molar-refractivity contribution in [3.8, 4) is 11.3 Å². The van der Waals surface area contributed by atoms with Crippen molar-refractivity contribution in [2.45, 2.75) is 6.54 Å². The molecule has 0 saturated heterocycles. The molecule has 1 aromatic heterocycles. The Kier molecular flexibility index (Phi) is 4.13. The van der Waals surface area contributed by atoms with Crippen molar-refractivity contribution in [1.82, 2.24) is 10.2 Å². The first kappa shape index (κ1) is 14.0. The maximum atomic E-state index is 6.15. The summed E-state index contributed by atoms with van der Waals surface area (Å²) in [6, 6.07) is 15.6. The predicted octanol–water partition coefficient (Wildman–Crippen LogP) is 5.00. The summed E-state index contributed by atoms with van der Waals surface area (Å²) in [6.45, 7) is 0.652. The number of nitrogens with one attached hydrogen (secondary N) is 2. The van der Waals surface area contributed by atoms with Gasteiger partial charge in [-0.15, -0.1) is 0 Å². The predicted molar refractivity (Wildman–Crippen MR) is 87.8 cm³/mol. The number of halogens is 2. The van der Waals surface area contributed by atoms with Crippen LogP contribution in [0.4, 0.5) is 5.69 Å². The van der Waals surface area contributed by atoms with Gasteiger partial charge in [0.05, 0.1) is 5.69 Å². The van der Waals surface area contributed by atoms with Gasteiger partial charge in [-0.3, -0.25) is 5.10 Å². The molecule has 0 aliphatic heterocycles. The van der Waals surface area contributed by atoms with Crippen LogP contribution >= 0.6 is 23.2 Å². The number of hydrogen-bond donors (Lipinski definition) is 2. The summed E-state index contributed by atoms with van der Waals surface area (Å²) >= 11 is 12.0. The molecule has 0 saturated carbocycles. The second-order valence-corrected chi connectivity index (χ2v) is 5.48. The summed E-state index contributed by atoms with van der Waals surface area (Å²) in [7, 11) is 0. The van der Waals surface area contributed by atoms with Gasteiger partial charge in [-0.25, -0.2) is 0 Å². The van der Waals surface area contributed by atoms with Crippen molar-refractivity contribution in [1.29, 1.82) is 0 Å². The van der Waals surface area contributed by atoms with Crippen LogP contribution in [0.15, 0.2) is 54.7 Å². The van der Waals surface area contributed by atoms with Crippen LogP contribution in [0.2, 0.25) is 10.0 Å². The highest BCUT2D eigenvalue weighted by Gasteiger charge is 2.02. The third-order valence-corrected chi connectivity index (χ3v) is 3.78. The van der Waals surface area contributed by atoms with Crippen LogP contribution in [0.1, 0.15) is 5.56 Å². The monoisotopic (exact) mass is 317 g/mol. The quantitative estimate of drug-likeness (QED) is 0.711. The minimum Gasteiger partial charge on any atom is -0.381 e. The third-order valence-electron chi connectivity index (χ3n) is 3.19. The number of benzene rings is 2. The molecule has 21 heavy (non-hydrogen) atoms. The minimum atomic E-state index is 0.646. The zero-order valence-electron chi connectivity index (χ0n) is 11.1. The maximum Gasteiger partial charge on any atom is 0.0650 e. The average Bonchev–Trinajstić information content (AvgIpc) is 3.01. The smallest absolute Gasteiger partial charge is 0.0650 e. The highest BCUT2D eigenvalue weighted by Crippen LogP contribution is 2.23. The lowest BCUT2D eigenvalue weighted by Crippen LogP contribution is -1.99. The first-order valence-corrected chi connectivity index (χ1v) is 7.25. The molecule has 3 aromatic rings. The molecule has 3 rings (SSSR count). The molecule has 0 unspecified atom stereocenters. The molecule has 0 aliphatic rings. The fraction of sp³-hybridized carbons (Fsp3) is 0.0625. The fourth-order valence-electron chi connectivity index (χ4n) is 2.05. The van der Waals surface area contributed by atoms with Gasteiger partial charge >= 0.3 is 0 Å². The molecule has 106 valence electrons. The lowest BCUT2D eigenvalue weighted by Gasteiger charge is -2.09. The van der Waals surface area contributed by atoms with Crippen LogP contribution in [0.3, 0.4) is 0 Å². The summed E-state index contributed by atoms with van der Waals surface area (Å²) < 4.78 is 0. The molecule has 2 aromatic carbocycles. The SMILES string of the molecule is Clc1ccc(CNc2ccc(-c3ccn[nH]3)cc2)c(Cl)c1. The van der Waals surface area contributed by atoms with E-state index in [1.165, 1.54) is 0 Å². The number of aromatic nitrogens is 2. The van der Waals surface area contributed by atoms with Crippen LogP contribution < -0.4 is 5.32 Å². The van der Waals surface area contributed by atoms with Gasteiger partial charge in [0, 0.05) is 28.5 Å². The Morgan fingerprint density at radius 3 is 2.48 bits per heavy atom. The zero-order valence-corrected chi connectivity index (χ0v) is 12.6. The summed E-state index contributed by atoms with van der Waals surface area (Å²) in [5.74, 6) is 0. The number of H-pyrrole nitrogens is 1. The Bertz CT molecular complexity index is 722. The van der Waals surface area contributed by atoms with Crippen molar-refractivity contribution >= 4 is 28.9 Å². The molecule has 2 N–H and O–H groups in total. The van der Waals surface area contributed by atoms with E-state index in [4.69, 9.17) is 23.2 Å². The number of nitrogens with zero attached hydrogens (tertiary/aromatic N) is 1. The molecule has 1 heterocycles. The highest BCUT2D eigenvalue weighted by atomic mass is 35.5. The third kappa shape index (κ3) is 3.38. The number of aromatic amines is 1. The Balaban J connectivity index is 1.68. The molecule has 0 bridgehead atoms. The van der Waals surface area contributed by atoms with Crippen LogP contribution in [0, 0.1) is 0 Å². The van der Waals surface area contributed by atoms with Gasteiger partial charge in [0.2, 0.25) is 0 Å². The van der Waals surface area contributed by atoms with Crippen molar-refractivity contribution in [2.75, 3.05) is 5.32 Å². The molecule has 0 radical (unpaired) electrons. The second kappa shape index (κ2) is 6.20.